The third-order valence-electron chi connectivity index (χ3n) is 5.62. The molecular formula is C19H26N2O3. The van der Waals surface area contributed by atoms with Crippen LogP contribution in [0.1, 0.15) is 51.0 Å². The molecule has 0 radical (unpaired) electrons. The molecule has 3 rings (SSSR count). The molecule has 130 valence electrons. The fourth-order valence-corrected chi connectivity index (χ4v) is 3.53. The second-order valence-corrected chi connectivity index (χ2v) is 7.56. The molecule has 1 aromatic rings. The summed E-state index contributed by atoms with van der Waals surface area (Å²) in [5.74, 6) is -0.834. The van der Waals surface area contributed by atoms with Crippen LogP contribution in [0.15, 0.2) is 30.3 Å². The lowest BCUT2D eigenvalue weighted by Crippen LogP contribution is -2.51. The molecule has 0 bridgehead atoms. The lowest BCUT2D eigenvalue weighted by Gasteiger charge is -2.26. The average molecular weight is 330 g/mol. The minimum absolute atomic E-state index is 0.0266. The van der Waals surface area contributed by atoms with E-state index in [2.05, 4.69) is 17.6 Å². The average Bonchev–Trinajstić information content (AvgIpc) is 3.45. The van der Waals surface area contributed by atoms with E-state index in [0.29, 0.717) is 12.8 Å². The van der Waals surface area contributed by atoms with Gasteiger partial charge in [-0.2, -0.15) is 0 Å². The number of carbonyl (C=O) groups is 2. The van der Waals surface area contributed by atoms with Crippen molar-refractivity contribution in [1.29, 1.82) is 0 Å². The van der Waals surface area contributed by atoms with Gasteiger partial charge in [-0.25, -0.2) is 4.79 Å². The van der Waals surface area contributed by atoms with E-state index in [-0.39, 0.29) is 29.4 Å². The summed E-state index contributed by atoms with van der Waals surface area (Å²) in [6, 6.07) is 9.52. The number of carboxylic acids is 1. The van der Waals surface area contributed by atoms with Crippen molar-refractivity contribution >= 4 is 12.0 Å². The first-order valence-corrected chi connectivity index (χ1v) is 8.77. The molecule has 3 N–H and O–H groups in total. The molecule has 2 aliphatic carbocycles. The third-order valence-corrected chi connectivity index (χ3v) is 5.62. The first kappa shape index (κ1) is 16.8. The van der Waals surface area contributed by atoms with Gasteiger partial charge in [0.15, 0.2) is 0 Å². The van der Waals surface area contributed by atoms with Crippen molar-refractivity contribution in [2.24, 2.45) is 5.41 Å². The van der Waals surface area contributed by atoms with Gasteiger partial charge in [0.1, 0.15) is 0 Å². The van der Waals surface area contributed by atoms with E-state index in [9.17, 15) is 9.59 Å². The van der Waals surface area contributed by atoms with Crippen LogP contribution in [0.4, 0.5) is 4.79 Å². The van der Waals surface area contributed by atoms with Gasteiger partial charge in [-0.05, 0) is 49.5 Å². The van der Waals surface area contributed by atoms with Crippen molar-refractivity contribution in [2.75, 3.05) is 0 Å². The van der Waals surface area contributed by atoms with Gasteiger partial charge in [0.05, 0.1) is 0 Å². The predicted octanol–water partition coefficient (Wildman–Crippen LogP) is 3.09. The van der Waals surface area contributed by atoms with E-state index < -0.39 is 5.97 Å². The zero-order valence-electron chi connectivity index (χ0n) is 14.2. The van der Waals surface area contributed by atoms with Gasteiger partial charge >= 0.3 is 12.0 Å². The van der Waals surface area contributed by atoms with E-state index >= 15 is 0 Å². The molecule has 0 aliphatic heterocycles. The smallest absolute Gasteiger partial charge is 0.315 e. The van der Waals surface area contributed by atoms with Gasteiger partial charge in [0.25, 0.3) is 0 Å². The highest BCUT2D eigenvalue weighted by atomic mass is 16.4. The van der Waals surface area contributed by atoms with Crippen molar-refractivity contribution < 1.29 is 14.7 Å². The van der Waals surface area contributed by atoms with Crippen LogP contribution in [-0.4, -0.2) is 28.7 Å². The second-order valence-electron chi connectivity index (χ2n) is 7.56. The van der Waals surface area contributed by atoms with Crippen LogP contribution in [0, 0.1) is 5.41 Å². The maximum absolute atomic E-state index is 12.4. The molecular weight excluding hydrogens is 304 g/mol. The van der Waals surface area contributed by atoms with Gasteiger partial charge in [-0.1, -0.05) is 37.3 Å². The number of carbonyl (C=O) groups excluding carboxylic acids is 1. The number of carboxylic acid groups (broad SMARTS) is 1. The number of hydrogen-bond donors (Lipinski definition) is 3. The van der Waals surface area contributed by atoms with Gasteiger partial charge in [0, 0.05) is 18.0 Å². The van der Waals surface area contributed by atoms with Crippen LogP contribution in [0.2, 0.25) is 0 Å². The first-order valence-electron chi connectivity index (χ1n) is 8.77. The van der Waals surface area contributed by atoms with E-state index in [0.717, 1.165) is 18.4 Å². The highest BCUT2D eigenvalue weighted by molar-refractivity contribution is 5.76. The van der Waals surface area contributed by atoms with Crippen molar-refractivity contribution in [3.8, 4) is 0 Å². The Balaban J connectivity index is 1.58. The SMILES string of the molecule is CC1(C2(NC(=O)NC(CCC(=O)O)Cc3ccccc3)CC2)CC1. The molecule has 0 spiro atoms. The molecule has 1 aromatic carbocycles. The molecule has 5 nitrogen and oxygen atoms in total. The quantitative estimate of drug-likeness (QED) is 0.685. The Morgan fingerprint density at radius 1 is 1.17 bits per heavy atom. The summed E-state index contributed by atoms with van der Waals surface area (Å²) in [4.78, 5) is 23.3. The van der Waals surface area contributed by atoms with E-state index in [1.165, 1.54) is 12.8 Å². The zero-order valence-corrected chi connectivity index (χ0v) is 14.2. The Bertz CT molecular complexity index is 606. The topological polar surface area (TPSA) is 78.4 Å². The standard InChI is InChI=1S/C19H26N2O3/c1-18(9-10-18)19(11-12-19)21-17(24)20-15(7-8-16(22)23)13-14-5-3-2-4-6-14/h2-6,15H,7-13H2,1H3,(H,22,23)(H2,20,21,24). The second kappa shape index (κ2) is 6.46. The third kappa shape index (κ3) is 3.89. The molecule has 0 aromatic heterocycles. The number of benzene rings is 1. The maximum atomic E-state index is 12.4. The van der Waals surface area contributed by atoms with Crippen LogP contribution >= 0.6 is 0 Å². The van der Waals surface area contributed by atoms with Crippen molar-refractivity contribution in [3.63, 3.8) is 0 Å². The Hall–Kier alpha value is -2.04. The molecule has 0 heterocycles. The largest absolute Gasteiger partial charge is 0.481 e. The highest BCUT2D eigenvalue weighted by Crippen LogP contribution is 2.63. The van der Waals surface area contributed by atoms with Crippen LogP contribution in [0.5, 0.6) is 0 Å². The predicted molar refractivity (Wildman–Crippen MR) is 91.8 cm³/mol. The van der Waals surface area contributed by atoms with Crippen molar-refractivity contribution in [3.05, 3.63) is 35.9 Å². The normalized spacial score (nSPS) is 20.7. The maximum Gasteiger partial charge on any atom is 0.315 e. The summed E-state index contributed by atoms with van der Waals surface area (Å²) in [6.07, 6.45) is 5.60. The Morgan fingerprint density at radius 2 is 1.83 bits per heavy atom. The summed E-state index contributed by atoms with van der Waals surface area (Å²) < 4.78 is 0. The molecule has 0 saturated heterocycles. The Labute approximate surface area is 142 Å². The van der Waals surface area contributed by atoms with Crippen molar-refractivity contribution in [1.82, 2.24) is 10.6 Å². The van der Waals surface area contributed by atoms with Crippen LogP contribution in [-0.2, 0) is 11.2 Å². The minimum Gasteiger partial charge on any atom is -0.481 e. The molecule has 2 saturated carbocycles. The van der Waals surface area contributed by atoms with E-state index in [1.807, 2.05) is 30.3 Å². The molecule has 5 heteroatoms. The van der Waals surface area contributed by atoms with Gasteiger partial charge in [0.2, 0.25) is 0 Å². The van der Waals surface area contributed by atoms with Gasteiger partial charge in [-0.3, -0.25) is 4.79 Å². The van der Waals surface area contributed by atoms with Gasteiger partial charge in [-0.15, -0.1) is 0 Å². The molecule has 2 fully saturated rings. The lowest BCUT2D eigenvalue weighted by atomic mass is 9.96. The fourth-order valence-electron chi connectivity index (χ4n) is 3.53. The molecule has 1 atom stereocenters. The number of amides is 2. The summed E-state index contributed by atoms with van der Waals surface area (Å²) in [7, 11) is 0. The summed E-state index contributed by atoms with van der Waals surface area (Å²) in [5, 5.41) is 15.1. The van der Waals surface area contributed by atoms with Crippen LogP contribution < -0.4 is 10.6 Å². The molecule has 1 unspecified atom stereocenters. The van der Waals surface area contributed by atoms with Crippen molar-refractivity contribution in [2.45, 2.75) is 63.5 Å². The Morgan fingerprint density at radius 3 is 2.38 bits per heavy atom. The Kier molecular flexibility index (Phi) is 4.52. The summed E-state index contributed by atoms with van der Waals surface area (Å²) in [6.45, 7) is 2.24. The number of hydrogen-bond acceptors (Lipinski definition) is 2. The monoisotopic (exact) mass is 330 g/mol. The summed E-state index contributed by atoms with van der Waals surface area (Å²) >= 11 is 0. The zero-order chi connectivity index (χ0) is 17.2. The van der Waals surface area contributed by atoms with Gasteiger partial charge < -0.3 is 15.7 Å². The molecule has 24 heavy (non-hydrogen) atoms. The highest BCUT2D eigenvalue weighted by Gasteiger charge is 2.63. The van der Waals surface area contributed by atoms with E-state index in [4.69, 9.17) is 5.11 Å². The molecule has 2 aliphatic rings. The first-order chi connectivity index (χ1) is 11.4. The number of aliphatic carboxylic acids is 1. The number of urea groups is 1. The fraction of sp³-hybridized carbons (Fsp3) is 0.579. The van der Waals surface area contributed by atoms with E-state index in [1.54, 1.807) is 0 Å². The number of rotatable bonds is 8. The number of nitrogens with one attached hydrogen (secondary N) is 2. The minimum atomic E-state index is -0.834. The van der Waals surface area contributed by atoms with Crippen LogP contribution in [0.3, 0.4) is 0 Å². The molecule has 2 amide bonds. The summed E-state index contributed by atoms with van der Waals surface area (Å²) in [5.41, 5.74) is 1.34. The van der Waals surface area contributed by atoms with Crippen LogP contribution in [0.25, 0.3) is 0 Å². The lowest BCUT2D eigenvalue weighted by molar-refractivity contribution is -0.137.